The molecule has 2 heterocycles. The third-order valence-electron chi connectivity index (χ3n) is 1.76. The van der Waals surface area contributed by atoms with E-state index in [0.717, 1.165) is 0 Å². The third kappa shape index (κ3) is 0.827. The van der Waals surface area contributed by atoms with Crippen molar-refractivity contribution in [3.8, 4) is 0 Å². The Kier molecular flexibility index (Phi) is 1.27. The largest absolute Gasteiger partial charge is 0.316 e. The molecule has 5 heteroatoms. The van der Waals surface area contributed by atoms with Gasteiger partial charge in [0.25, 0.3) is 5.56 Å². The molecular weight excluding hydrogens is 156 g/mol. The molecule has 0 aliphatic heterocycles. The van der Waals surface area contributed by atoms with E-state index in [0.29, 0.717) is 16.9 Å². The number of aryl methyl sites for hydroxylation is 2. The quantitative estimate of drug-likeness (QED) is 0.594. The number of aromatic amines is 1. The van der Waals surface area contributed by atoms with Crippen molar-refractivity contribution in [2.45, 2.75) is 6.92 Å². The van der Waals surface area contributed by atoms with Crippen LogP contribution in [0, 0.1) is 6.92 Å². The van der Waals surface area contributed by atoms with Crippen LogP contribution in [0.3, 0.4) is 0 Å². The molecule has 2 aromatic heterocycles. The molecule has 12 heavy (non-hydrogen) atoms. The van der Waals surface area contributed by atoms with E-state index in [2.05, 4.69) is 15.1 Å². The van der Waals surface area contributed by atoms with Crippen molar-refractivity contribution in [3.05, 3.63) is 22.2 Å². The van der Waals surface area contributed by atoms with Crippen molar-refractivity contribution in [2.24, 2.45) is 7.05 Å². The zero-order chi connectivity index (χ0) is 8.72. The van der Waals surface area contributed by atoms with E-state index in [1.165, 1.54) is 0 Å². The molecule has 0 unspecified atom stereocenters. The number of fused-ring (bicyclic) bond motifs is 1. The first-order valence-electron chi connectivity index (χ1n) is 3.57. The van der Waals surface area contributed by atoms with Crippen molar-refractivity contribution in [1.29, 1.82) is 0 Å². The molecular formula is C7H8N4O. The highest BCUT2D eigenvalue weighted by atomic mass is 16.1. The lowest BCUT2D eigenvalue weighted by molar-refractivity contribution is 0.784. The number of hydrogen-bond donors (Lipinski definition) is 1. The molecule has 0 aromatic carbocycles. The summed E-state index contributed by atoms with van der Waals surface area (Å²) in [4.78, 5) is 17.9. The lowest BCUT2D eigenvalue weighted by atomic mass is 10.4. The maximum absolute atomic E-state index is 11.1. The summed E-state index contributed by atoms with van der Waals surface area (Å²) >= 11 is 0. The fraction of sp³-hybridized carbons (Fsp3) is 0.286. The Morgan fingerprint density at radius 3 is 3.08 bits per heavy atom. The average molecular weight is 164 g/mol. The third-order valence-corrected chi connectivity index (χ3v) is 1.76. The Hall–Kier alpha value is -1.65. The van der Waals surface area contributed by atoms with Crippen LogP contribution in [0.5, 0.6) is 0 Å². The molecule has 2 aromatic rings. The maximum atomic E-state index is 11.1. The molecule has 0 fully saturated rings. The molecule has 0 aliphatic carbocycles. The van der Waals surface area contributed by atoms with Crippen molar-refractivity contribution in [1.82, 2.24) is 19.7 Å². The van der Waals surface area contributed by atoms with Crippen LogP contribution in [0.4, 0.5) is 0 Å². The summed E-state index contributed by atoms with van der Waals surface area (Å²) in [6.07, 6.45) is 1.59. The van der Waals surface area contributed by atoms with E-state index < -0.39 is 0 Å². The first kappa shape index (κ1) is 7.02. The van der Waals surface area contributed by atoms with Crippen molar-refractivity contribution in [2.75, 3.05) is 0 Å². The smallest absolute Gasteiger partial charge is 0.269 e. The minimum Gasteiger partial charge on any atom is -0.316 e. The van der Waals surface area contributed by atoms with E-state index in [1.54, 1.807) is 24.9 Å². The molecule has 0 amide bonds. The summed E-state index contributed by atoms with van der Waals surface area (Å²) in [5.41, 5.74) is 1.68. The molecule has 0 bridgehead atoms. The Bertz CT molecular complexity index is 482. The van der Waals surface area contributed by atoms with Crippen molar-refractivity contribution >= 4 is 11.2 Å². The predicted molar refractivity (Wildman–Crippen MR) is 43.9 cm³/mol. The van der Waals surface area contributed by atoms with Gasteiger partial charge in [-0.05, 0) is 6.92 Å². The van der Waals surface area contributed by atoms with E-state index in [-0.39, 0.29) is 5.56 Å². The normalized spacial score (nSPS) is 10.8. The second-order valence-corrected chi connectivity index (χ2v) is 2.66. The summed E-state index contributed by atoms with van der Waals surface area (Å²) in [5.74, 6) is 0. The summed E-state index contributed by atoms with van der Waals surface area (Å²) in [5, 5.41) is 3.96. The van der Waals surface area contributed by atoms with Crippen LogP contribution in [0.1, 0.15) is 5.69 Å². The van der Waals surface area contributed by atoms with Gasteiger partial charge >= 0.3 is 0 Å². The fourth-order valence-corrected chi connectivity index (χ4v) is 1.07. The van der Waals surface area contributed by atoms with Gasteiger partial charge in [0.1, 0.15) is 11.2 Å². The number of hydrogen-bond acceptors (Lipinski definition) is 3. The zero-order valence-electron chi connectivity index (χ0n) is 6.83. The molecule has 0 aliphatic rings. The van der Waals surface area contributed by atoms with Crippen LogP contribution in [-0.2, 0) is 7.05 Å². The molecule has 0 radical (unpaired) electrons. The van der Waals surface area contributed by atoms with Gasteiger partial charge in [0.2, 0.25) is 0 Å². The molecule has 1 N–H and O–H groups in total. The molecule has 2 rings (SSSR count). The van der Waals surface area contributed by atoms with E-state index >= 15 is 0 Å². The Labute approximate surface area is 68.1 Å². The van der Waals surface area contributed by atoms with Crippen molar-refractivity contribution in [3.63, 3.8) is 0 Å². The van der Waals surface area contributed by atoms with Gasteiger partial charge in [-0.2, -0.15) is 5.10 Å². The van der Waals surface area contributed by atoms with E-state index in [1.807, 2.05) is 0 Å². The second-order valence-electron chi connectivity index (χ2n) is 2.66. The molecule has 0 spiro atoms. The number of aromatic nitrogens is 4. The van der Waals surface area contributed by atoms with Crippen LogP contribution >= 0.6 is 0 Å². The Morgan fingerprint density at radius 1 is 1.58 bits per heavy atom. The van der Waals surface area contributed by atoms with Gasteiger partial charge in [-0.15, -0.1) is 0 Å². The second kappa shape index (κ2) is 2.17. The van der Waals surface area contributed by atoms with Gasteiger partial charge in [0, 0.05) is 7.05 Å². The van der Waals surface area contributed by atoms with Crippen LogP contribution in [0.25, 0.3) is 11.2 Å². The number of nitrogens with one attached hydrogen (secondary N) is 1. The Balaban J connectivity index is 2.97. The molecule has 62 valence electrons. The topological polar surface area (TPSA) is 63.6 Å². The fourth-order valence-electron chi connectivity index (χ4n) is 1.07. The number of H-pyrrole nitrogens is 1. The van der Waals surface area contributed by atoms with Gasteiger partial charge in [-0.1, -0.05) is 0 Å². The Morgan fingerprint density at radius 2 is 2.33 bits per heavy atom. The van der Waals surface area contributed by atoms with Gasteiger partial charge in [0.15, 0.2) is 5.65 Å². The van der Waals surface area contributed by atoms with Gasteiger partial charge in [-0.25, -0.2) is 9.67 Å². The SMILES string of the molecule is Cc1nc2c(cnn2C)[nH]c1=O. The highest BCUT2D eigenvalue weighted by Gasteiger charge is 2.03. The van der Waals surface area contributed by atoms with Crippen LogP contribution in [0.15, 0.2) is 11.0 Å². The number of nitrogens with zero attached hydrogens (tertiary/aromatic N) is 3. The van der Waals surface area contributed by atoms with E-state index in [9.17, 15) is 4.79 Å². The van der Waals surface area contributed by atoms with Crippen LogP contribution in [-0.4, -0.2) is 19.7 Å². The summed E-state index contributed by atoms with van der Waals surface area (Å²) in [7, 11) is 1.78. The van der Waals surface area contributed by atoms with Crippen LogP contribution < -0.4 is 5.56 Å². The average Bonchev–Trinajstić information content (AvgIpc) is 2.35. The van der Waals surface area contributed by atoms with Gasteiger partial charge in [0.05, 0.1) is 6.20 Å². The minimum atomic E-state index is -0.157. The van der Waals surface area contributed by atoms with E-state index in [4.69, 9.17) is 0 Å². The molecule has 5 nitrogen and oxygen atoms in total. The predicted octanol–water partition coefficient (Wildman–Crippen LogP) is -0.0350. The summed E-state index contributed by atoms with van der Waals surface area (Å²) < 4.78 is 1.62. The van der Waals surface area contributed by atoms with Gasteiger partial charge in [-0.3, -0.25) is 4.79 Å². The first-order chi connectivity index (χ1) is 5.68. The lowest BCUT2D eigenvalue weighted by Gasteiger charge is -1.93. The zero-order valence-corrected chi connectivity index (χ0v) is 6.83. The van der Waals surface area contributed by atoms with Crippen LogP contribution in [0.2, 0.25) is 0 Å². The lowest BCUT2D eigenvalue weighted by Crippen LogP contribution is -2.11. The van der Waals surface area contributed by atoms with Crippen molar-refractivity contribution < 1.29 is 0 Å². The van der Waals surface area contributed by atoms with Gasteiger partial charge < -0.3 is 4.98 Å². The monoisotopic (exact) mass is 164 g/mol. The standard InChI is InChI=1S/C7H8N4O/c1-4-7(12)10-5-3-8-11(2)6(5)9-4/h3H,1-2H3,(H,10,12). The summed E-state index contributed by atoms with van der Waals surface area (Å²) in [6.45, 7) is 1.67. The molecule has 0 saturated carbocycles. The first-order valence-corrected chi connectivity index (χ1v) is 3.57. The summed E-state index contributed by atoms with van der Waals surface area (Å²) in [6, 6.07) is 0. The minimum absolute atomic E-state index is 0.157. The molecule has 0 atom stereocenters. The number of rotatable bonds is 0. The highest BCUT2D eigenvalue weighted by molar-refractivity contribution is 5.68. The molecule has 0 saturated heterocycles. The highest BCUT2D eigenvalue weighted by Crippen LogP contribution is 2.03. The maximum Gasteiger partial charge on any atom is 0.269 e.